The first kappa shape index (κ1) is 12.0. The van der Waals surface area contributed by atoms with Gasteiger partial charge in [0.15, 0.2) is 5.69 Å². The molecule has 9 heteroatoms. The molecule has 0 atom stereocenters. The van der Waals surface area contributed by atoms with Crippen LogP contribution in [-0.2, 0) is 0 Å². The lowest BCUT2D eigenvalue weighted by atomic mass is 10.4. The van der Waals surface area contributed by atoms with Crippen LogP contribution in [0.1, 0.15) is 10.5 Å². The highest BCUT2D eigenvalue weighted by atomic mass is 35.5. The molecule has 0 aliphatic carbocycles. The first-order valence-corrected chi connectivity index (χ1v) is 4.96. The minimum atomic E-state index is -1.23. The Morgan fingerprint density at radius 3 is 2.83 bits per heavy atom. The van der Waals surface area contributed by atoms with E-state index in [2.05, 4.69) is 10.1 Å². The van der Waals surface area contributed by atoms with Crippen LogP contribution in [0.3, 0.4) is 0 Å². The summed E-state index contributed by atoms with van der Waals surface area (Å²) in [5.41, 5.74) is -0.594. The third kappa shape index (κ3) is 2.13. The molecule has 8 nitrogen and oxygen atoms in total. The molecule has 0 saturated carbocycles. The molecule has 0 bridgehead atoms. The molecule has 0 aliphatic heterocycles. The van der Waals surface area contributed by atoms with Gasteiger partial charge in [0.05, 0.1) is 9.95 Å². The van der Waals surface area contributed by atoms with Crippen molar-refractivity contribution in [2.45, 2.75) is 0 Å². The van der Waals surface area contributed by atoms with E-state index in [0.717, 1.165) is 10.7 Å². The number of carboxylic acid groups (broad SMARTS) is 1. The summed E-state index contributed by atoms with van der Waals surface area (Å²) in [4.78, 5) is 24.6. The lowest BCUT2D eigenvalue weighted by molar-refractivity contribution is -0.384. The standard InChI is InChI=1S/C9H5ClN4O4/c10-5-3-7(14(17)18)8(11-4-5)13-2-1-6(12-13)9(15)16/h1-4H,(H,15,16). The van der Waals surface area contributed by atoms with E-state index < -0.39 is 10.9 Å². The molecule has 0 aliphatic rings. The van der Waals surface area contributed by atoms with Gasteiger partial charge in [0.2, 0.25) is 5.82 Å². The number of nitro groups is 1. The number of aromatic carboxylic acids is 1. The molecular formula is C9H5ClN4O4. The van der Waals surface area contributed by atoms with E-state index >= 15 is 0 Å². The number of halogens is 1. The minimum absolute atomic E-state index is 0.100. The third-order valence-corrected chi connectivity index (χ3v) is 2.24. The Labute approximate surface area is 105 Å². The Kier molecular flexibility index (Phi) is 2.94. The number of hydrogen-bond acceptors (Lipinski definition) is 5. The zero-order valence-electron chi connectivity index (χ0n) is 8.65. The predicted molar refractivity (Wildman–Crippen MR) is 60.0 cm³/mol. The zero-order valence-corrected chi connectivity index (χ0v) is 9.40. The Balaban J connectivity index is 2.55. The molecule has 0 aromatic carbocycles. The zero-order chi connectivity index (χ0) is 13.3. The highest BCUT2D eigenvalue weighted by Crippen LogP contribution is 2.23. The minimum Gasteiger partial charge on any atom is -0.476 e. The van der Waals surface area contributed by atoms with Crippen LogP contribution in [0.15, 0.2) is 24.5 Å². The van der Waals surface area contributed by atoms with Gasteiger partial charge < -0.3 is 5.11 Å². The van der Waals surface area contributed by atoms with Crippen molar-refractivity contribution < 1.29 is 14.8 Å². The van der Waals surface area contributed by atoms with Crippen LogP contribution in [0, 0.1) is 10.1 Å². The molecule has 0 fully saturated rings. The van der Waals surface area contributed by atoms with Crippen LogP contribution in [0.5, 0.6) is 0 Å². The summed E-state index contributed by atoms with van der Waals surface area (Å²) in [7, 11) is 0. The summed E-state index contributed by atoms with van der Waals surface area (Å²) in [6.07, 6.45) is 2.48. The van der Waals surface area contributed by atoms with Gasteiger partial charge in [-0.1, -0.05) is 11.6 Å². The molecule has 2 rings (SSSR count). The van der Waals surface area contributed by atoms with Crippen LogP contribution >= 0.6 is 11.6 Å². The van der Waals surface area contributed by atoms with E-state index in [-0.39, 0.29) is 22.2 Å². The predicted octanol–water partition coefficient (Wildman–Crippen LogP) is 1.53. The van der Waals surface area contributed by atoms with E-state index in [1.54, 1.807) is 0 Å². The van der Waals surface area contributed by atoms with Gasteiger partial charge in [0, 0.05) is 18.5 Å². The summed E-state index contributed by atoms with van der Waals surface area (Å²) in [5, 5.41) is 23.3. The molecule has 0 radical (unpaired) electrons. The van der Waals surface area contributed by atoms with Crippen LogP contribution < -0.4 is 0 Å². The van der Waals surface area contributed by atoms with E-state index in [1.807, 2.05) is 0 Å². The van der Waals surface area contributed by atoms with Gasteiger partial charge >= 0.3 is 11.7 Å². The highest BCUT2D eigenvalue weighted by Gasteiger charge is 2.19. The van der Waals surface area contributed by atoms with Crippen LogP contribution in [0.4, 0.5) is 5.69 Å². The fourth-order valence-corrected chi connectivity index (χ4v) is 1.44. The van der Waals surface area contributed by atoms with Crippen molar-refractivity contribution in [1.82, 2.24) is 14.8 Å². The lowest BCUT2D eigenvalue weighted by Gasteiger charge is -2.01. The van der Waals surface area contributed by atoms with E-state index in [1.165, 1.54) is 18.5 Å². The number of rotatable bonds is 3. The van der Waals surface area contributed by atoms with Crippen molar-refractivity contribution in [3.63, 3.8) is 0 Å². The van der Waals surface area contributed by atoms with Gasteiger partial charge in [0.1, 0.15) is 0 Å². The third-order valence-electron chi connectivity index (χ3n) is 2.04. The molecule has 2 aromatic rings. The molecule has 0 unspecified atom stereocenters. The van der Waals surface area contributed by atoms with Crippen molar-refractivity contribution >= 4 is 23.3 Å². The first-order valence-electron chi connectivity index (χ1n) is 4.58. The van der Waals surface area contributed by atoms with Crippen LogP contribution in [0.2, 0.25) is 5.02 Å². The van der Waals surface area contributed by atoms with E-state index in [9.17, 15) is 14.9 Å². The van der Waals surface area contributed by atoms with Crippen molar-refractivity contribution in [2.24, 2.45) is 0 Å². The fourth-order valence-electron chi connectivity index (χ4n) is 1.29. The molecule has 0 spiro atoms. The molecule has 0 amide bonds. The summed E-state index contributed by atoms with van der Waals surface area (Å²) in [6.45, 7) is 0. The van der Waals surface area contributed by atoms with E-state index in [0.29, 0.717) is 0 Å². The average Bonchev–Trinajstić information content (AvgIpc) is 2.78. The van der Waals surface area contributed by atoms with Crippen molar-refractivity contribution in [2.75, 3.05) is 0 Å². The van der Waals surface area contributed by atoms with Gasteiger partial charge in [-0.15, -0.1) is 0 Å². The normalized spacial score (nSPS) is 10.3. The summed E-state index contributed by atoms with van der Waals surface area (Å²) in [6, 6.07) is 2.33. The summed E-state index contributed by atoms with van der Waals surface area (Å²) >= 11 is 5.61. The number of nitrogens with zero attached hydrogens (tertiary/aromatic N) is 4. The maximum Gasteiger partial charge on any atom is 0.356 e. The van der Waals surface area contributed by atoms with E-state index in [4.69, 9.17) is 16.7 Å². The number of pyridine rings is 1. The number of carboxylic acids is 1. The Bertz CT molecular complexity index is 639. The molecule has 1 N–H and O–H groups in total. The number of hydrogen-bond donors (Lipinski definition) is 1. The topological polar surface area (TPSA) is 111 Å². The van der Waals surface area contributed by atoms with Crippen molar-refractivity contribution in [3.8, 4) is 5.82 Å². The maximum absolute atomic E-state index is 10.8. The molecule has 18 heavy (non-hydrogen) atoms. The Morgan fingerprint density at radius 1 is 1.56 bits per heavy atom. The van der Waals surface area contributed by atoms with Gasteiger partial charge in [-0.3, -0.25) is 10.1 Å². The molecular weight excluding hydrogens is 264 g/mol. The van der Waals surface area contributed by atoms with Gasteiger partial charge in [-0.25, -0.2) is 14.5 Å². The summed E-state index contributed by atoms with van der Waals surface area (Å²) < 4.78 is 1.01. The second-order valence-corrected chi connectivity index (χ2v) is 3.64. The Hall–Kier alpha value is -2.48. The quantitative estimate of drug-likeness (QED) is 0.667. The second-order valence-electron chi connectivity index (χ2n) is 3.20. The molecule has 0 saturated heterocycles. The van der Waals surface area contributed by atoms with Crippen LogP contribution in [0.25, 0.3) is 5.82 Å². The maximum atomic E-state index is 10.8. The van der Waals surface area contributed by atoms with Gasteiger partial charge in [-0.2, -0.15) is 5.10 Å². The summed E-state index contributed by atoms with van der Waals surface area (Å²) in [5.74, 6) is -1.33. The smallest absolute Gasteiger partial charge is 0.356 e. The fraction of sp³-hybridized carbons (Fsp3) is 0. The van der Waals surface area contributed by atoms with Crippen molar-refractivity contribution in [1.29, 1.82) is 0 Å². The van der Waals surface area contributed by atoms with Gasteiger partial charge in [-0.05, 0) is 6.07 Å². The number of carbonyl (C=O) groups is 1. The first-order chi connectivity index (χ1) is 8.49. The van der Waals surface area contributed by atoms with Crippen LogP contribution in [-0.4, -0.2) is 30.8 Å². The largest absolute Gasteiger partial charge is 0.476 e. The van der Waals surface area contributed by atoms with Crippen molar-refractivity contribution in [3.05, 3.63) is 45.4 Å². The second kappa shape index (κ2) is 4.41. The molecule has 2 aromatic heterocycles. The lowest BCUT2D eigenvalue weighted by Crippen LogP contribution is -2.05. The average molecular weight is 269 g/mol. The highest BCUT2D eigenvalue weighted by molar-refractivity contribution is 6.30. The Morgan fingerprint density at radius 2 is 2.28 bits per heavy atom. The molecule has 92 valence electrons. The molecule has 2 heterocycles. The monoisotopic (exact) mass is 268 g/mol. The SMILES string of the molecule is O=C(O)c1ccn(-c2ncc(Cl)cc2[N+](=O)[O-])n1. The number of aromatic nitrogens is 3. The van der Waals surface area contributed by atoms with Gasteiger partial charge in [0.25, 0.3) is 0 Å².